The molecule has 0 aliphatic carbocycles. The minimum absolute atomic E-state index is 0.112. The number of phosphoric ester groups is 1. The topological polar surface area (TPSA) is 261 Å². The summed E-state index contributed by atoms with van der Waals surface area (Å²) >= 11 is 0. The molecule has 0 bridgehead atoms. The first-order valence-corrected chi connectivity index (χ1v) is 17.6. The quantitative estimate of drug-likeness (QED) is 0.0533. The molecule has 0 aromatic carbocycles. The highest BCUT2D eigenvalue weighted by Crippen LogP contribution is 2.66. The fourth-order valence-corrected chi connectivity index (χ4v) is 7.46. The van der Waals surface area contributed by atoms with Gasteiger partial charge < -0.3 is 49.3 Å². The Morgan fingerprint density at radius 1 is 1.25 bits per heavy atom. The maximum Gasteiger partial charge on any atom is 0.490 e. The molecule has 3 heterocycles. The van der Waals surface area contributed by atoms with E-state index in [-0.39, 0.29) is 38.2 Å². The van der Waals surface area contributed by atoms with Crippen LogP contribution in [-0.4, -0.2) is 93.3 Å². The first-order chi connectivity index (χ1) is 20.5. The summed E-state index contributed by atoms with van der Waals surface area (Å²) in [5, 5.41) is 5.39. The zero-order chi connectivity index (χ0) is 32.7. The number of amidine groups is 1. The Morgan fingerprint density at radius 3 is 2.64 bits per heavy atom. The van der Waals surface area contributed by atoms with Crippen molar-refractivity contribution < 1.29 is 70.2 Å². The summed E-state index contributed by atoms with van der Waals surface area (Å²) in [6, 6.07) is 0. The molecule has 6 N–H and O–H groups in total. The minimum atomic E-state index is -5.72. The van der Waals surface area contributed by atoms with Crippen LogP contribution in [0.5, 0.6) is 0 Å². The van der Waals surface area contributed by atoms with E-state index < -0.39 is 60.6 Å². The molecule has 0 saturated carbocycles. The van der Waals surface area contributed by atoms with Gasteiger partial charge in [-0.25, -0.2) is 18.7 Å². The van der Waals surface area contributed by atoms with Gasteiger partial charge in [0.1, 0.15) is 37.0 Å². The van der Waals surface area contributed by atoms with Gasteiger partial charge in [0.15, 0.2) is 0 Å². The Morgan fingerprint density at radius 2 is 1.98 bits per heavy atom. The molecule has 19 nitrogen and oxygen atoms in total. The molecular formula is C22H35N4O15P3. The van der Waals surface area contributed by atoms with Crippen LogP contribution in [0.4, 0.5) is 0 Å². The van der Waals surface area contributed by atoms with Gasteiger partial charge in [-0.2, -0.15) is 8.62 Å². The van der Waals surface area contributed by atoms with Crippen LogP contribution < -0.4 is 10.6 Å². The van der Waals surface area contributed by atoms with Crippen LogP contribution in [0.15, 0.2) is 41.6 Å². The molecule has 1 fully saturated rings. The third kappa shape index (κ3) is 10.8. The summed E-state index contributed by atoms with van der Waals surface area (Å²) < 4.78 is 64.2. The molecular weight excluding hydrogens is 653 g/mol. The van der Waals surface area contributed by atoms with E-state index in [9.17, 15) is 33.1 Å². The normalized spacial score (nSPS) is 28.1. The zero-order valence-corrected chi connectivity index (χ0v) is 26.3. The predicted octanol–water partition coefficient (Wildman–Crippen LogP) is 0.762. The second kappa shape index (κ2) is 15.5. The van der Waals surface area contributed by atoms with E-state index in [2.05, 4.69) is 30.8 Å². The Bertz CT molecular complexity index is 1320. The molecule has 3 aliphatic rings. The molecule has 0 radical (unpaired) electrons. The summed E-state index contributed by atoms with van der Waals surface area (Å²) in [4.78, 5) is 67.5. The van der Waals surface area contributed by atoms with Gasteiger partial charge in [-0.3, -0.25) is 14.1 Å². The monoisotopic (exact) mass is 688 g/mol. The largest absolute Gasteiger partial charge is 0.490 e. The zero-order valence-electron chi connectivity index (χ0n) is 23.7. The molecule has 2 amide bonds. The fraction of sp³-hybridized carbons (Fsp3) is 0.591. The minimum Gasteiger partial charge on any atom is -0.353 e. The van der Waals surface area contributed by atoms with E-state index in [0.717, 1.165) is 0 Å². The third-order valence-electron chi connectivity index (χ3n) is 6.15. The van der Waals surface area contributed by atoms with Gasteiger partial charge in [0.25, 0.3) is 0 Å². The average Bonchev–Trinajstić information content (AvgIpc) is 3.46. The molecule has 7 atom stereocenters. The van der Waals surface area contributed by atoms with Crippen molar-refractivity contribution in [3.05, 3.63) is 36.6 Å². The van der Waals surface area contributed by atoms with Crippen molar-refractivity contribution in [1.29, 1.82) is 0 Å². The molecule has 22 heteroatoms. The number of allylic oxidation sites excluding steroid dienone is 1. The molecule has 44 heavy (non-hydrogen) atoms. The van der Waals surface area contributed by atoms with Gasteiger partial charge in [-0.05, 0) is 12.5 Å². The molecule has 0 spiro atoms. The van der Waals surface area contributed by atoms with Crippen LogP contribution in [0.25, 0.3) is 0 Å². The number of ether oxygens (including phenoxy) is 3. The van der Waals surface area contributed by atoms with Crippen LogP contribution in [0.2, 0.25) is 0 Å². The molecule has 0 aromatic rings. The Labute approximate surface area is 252 Å². The summed E-state index contributed by atoms with van der Waals surface area (Å²) in [7, 11) is -16.7. The van der Waals surface area contributed by atoms with E-state index in [0.29, 0.717) is 17.8 Å². The van der Waals surface area contributed by atoms with Crippen LogP contribution in [0, 0.1) is 5.92 Å². The Kier molecular flexibility index (Phi) is 12.8. The van der Waals surface area contributed by atoms with E-state index in [1.165, 1.54) is 6.08 Å². The number of nitrogens with zero attached hydrogens (tertiary/aromatic N) is 2. The number of rotatable bonds is 17. The lowest BCUT2D eigenvalue weighted by Gasteiger charge is -2.33. The highest BCUT2D eigenvalue weighted by atomic mass is 31.3. The second-order valence-corrected chi connectivity index (χ2v) is 13.9. The van der Waals surface area contributed by atoms with Crippen molar-refractivity contribution >= 4 is 41.1 Å². The average molecular weight is 688 g/mol. The number of nitrogens with one attached hydrogen (secondary N) is 2. The van der Waals surface area contributed by atoms with Crippen LogP contribution in [0.3, 0.4) is 0 Å². The van der Waals surface area contributed by atoms with Crippen molar-refractivity contribution in [2.75, 3.05) is 26.6 Å². The predicted molar refractivity (Wildman–Crippen MR) is 150 cm³/mol. The first kappa shape index (κ1) is 36.4. The van der Waals surface area contributed by atoms with Gasteiger partial charge in [0.05, 0.1) is 19.3 Å². The molecule has 1 saturated heterocycles. The summed E-state index contributed by atoms with van der Waals surface area (Å²) in [5.41, 5.74) is 0.571. The number of carbonyl (C=O) groups is 2. The van der Waals surface area contributed by atoms with Crippen LogP contribution in [0.1, 0.15) is 26.7 Å². The third-order valence-corrected chi connectivity index (χ3v) is 9.96. The lowest BCUT2D eigenvalue weighted by Crippen LogP contribution is -2.49. The number of hydrogen-bond donors (Lipinski definition) is 6. The summed E-state index contributed by atoms with van der Waals surface area (Å²) in [5.74, 6) is -0.825. The van der Waals surface area contributed by atoms with E-state index in [1.54, 1.807) is 37.1 Å². The SMILES string of the molecule is C=CCOCOC1C[C@H](N2C=C(/C=C/CNC(=O)CC)C3C(=O)NC(C)=NC32)O[C@@H]1COP(=O)(O)OP(=O)(O)OP(=O)(O)O. The van der Waals surface area contributed by atoms with Crippen molar-refractivity contribution in [3.8, 4) is 0 Å². The number of aliphatic imine (C=N–C) groups is 1. The first-order valence-electron chi connectivity index (χ1n) is 13.1. The van der Waals surface area contributed by atoms with Gasteiger partial charge in [0, 0.05) is 25.6 Å². The number of carbonyl (C=O) groups excluding carboxylic acids is 2. The van der Waals surface area contributed by atoms with E-state index >= 15 is 0 Å². The number of phosphoric acid groups is 3. The van der Waals surface area contributed by atoms with E-state index in [4.69, 9.17) is 28.5 Å². The Hall–Kier alpha value is -2.08. The van der Waals surface area contributed by atoms with Crippen molar-refractivity contribution in [1.82, 2.24) is 15.5 Å². The van der Waals surface area contributed by atoms with Crippen molar-refractivity contribution in [2.45, 2.75) is 51.3 Å². The number of hydrogen-bond acceptors (Lipinski definition) is 13. The summed E-state index contributed by atoms with van der Waals surface area (Å²) in [6.45, 7) is 6.25. The van der Waals surface area contributed by atoms with Crippen LogP contribution >= 0.6 is 23.5 Å². The fourth-order valence-electron chi connectivity index (χ4n) is 4.43. The number of amides is 2. The highest BCUT2D eigenvalue weighted by molar-refractivity contribution is 7.66. The van der Waals surface area contributed by atoms with Gasteiger partial charge in [0.2, 0.25) is 11.8 Å². The molecule has 248 valence electrons. The van der Waals surface area contributed by atoms with Crippen molar-refractivity contribution in [2.24, 2.45) is 10.9 Å². The second-order valence-electron chi connectivity index (χ2n) is 9.47. The van der Waals surface area contributed by atoms with Gasteiger partial charge in [-0.15, -0.1) is 6.58 Å². The lowest BCUT2D eigenvalue weighted by molar-refractivity contribution is -0.127. The highest BCUT2D eigenvalue weighted by Gasteiger charge is 2.49. The van der Waals surface area contributed by atoms with E-state index in [1.807, 2.05) is 0 Å². The smallest absolute Gasteiger partial charge is 0.353 e. The summed E-state index contributed by atoms with van der Waals surface area (Å²) in [6.07, 6.45) is 3.42. The standard InChI is InChI=1S/C22H35N4O15P3/c1-4-9-36-13-37-16-10-19(39-17(16)12-38-43(32,33)41-44(34,35)40-42(29,30)31)26-11-15(7-6-8-23-18(27)5-2)20-21(26)24-14(3)25-22(20)28/h4,6-7,11,16-17,19-21H,1,5,8-10,12-13H2,2-3H3,(H,23,27)(H,32,33)(H,34,35)(H,24,25,28)(H2,29,30,31)/b7-6+/t16?,17-,19-,20?,21?/m1/s1. The molecule has 5 unspecified atom stereocenters. The van der Waals surface area contributed by atoms with Gasteiger partial charge >= 0.3 is 23.5 Å². The maximum atomic E-state index is 12.9. The molecule has 3 aliphatic heterocycles. The van der Waals surface area contributed by atoms with Crippen molar-refractivity contribution in [3.63, 3.8) is 0 Å². The lowest BCUT2D eigenvalue weighted by atomic mass is 9.96. The maximum absolute atomic E-state index is 12.9. The molecule has 3 rings (SSSR count). The molecule has 0 aromatic heterocycles. The van der Waals surface area contributed by atoms with Crippen LogP contribution in [-0.2, 0) is 50.6 Å². The number of fused-ring (bicyclic) bond motifs is 1. The Balaban J connectivity index is 1.78. The van der Waals surface area contributed by atoms with Gasteiger partial charge in [-0.1, -0.05) is 25.2 Å².